The number of hydrogen-bond donors (Lipinski definition) is 1. The molecule has 1 fully saturated rings. The normalized spacial score (nSPS) is 17.2. The van der Waals surface area contributed by atoms with Crippen molar-refractivity contribution >= 4 is 21.3 Å². The highest BCUT2D eigenvalue weighted by Crippen LogP contribution is 2.17. The number of hydrogen-bond acceptors (Lipinski definition) is 6. The number of benzene rings is 2. The molecule has 2 N–H and O–H groups in total. The number of aliphatic imine (C=N–C) groups is 1. The third-order valence-corrected chi connectivity index (χ3v) is 6.56. The first-order valence-electron chi connectivity index (χ1n) is 9.44. The number of nitrogens with zero attached hydrogens (tertiary/aromatic N) is 3. The maximum absolute atomic E-state index is 11.7. The van der Waals surface area contributed by atoms with Crippen LogP contribution in [0.2, 0.25) is 0 Å². The Morgan fingerprint density at radius 1 is 0.897 bits per heavy atom. The first-order valence-corrected chi connectivity index (χ1v) is 11.3. The molecule has 152 valence electrons. The van der Waals surface area contributed by atoms with E-state index < -0.39 is 9.84 Å². The molecule has 1 aliphatic rings. The van der Waals surface area contributed by atoms with Gasteiger partial charge < -0.3 is 10.7 Å². The fourth-order valence-electron chi connectivity index (χ4n) is 3.12. The number of rotatable bonds is 5. The van der Waals surface area contributed by atoms with E-state index in [9.17, 15) is 8.42 Å². The standard InChI is InChI=1S/C22H26N4O2S/c1-16-4-8-19(9-5-16)21(22(25-23)20-10-6-17(2)7-11-20)24-18(3)26-12-14-29(27,28)15-13-26/h4-11H,3,12-15,23H2,1-2H3/b24-21?,25-22-. The number of hydrazone groups is 1. The van der Waals surface area contributed by atoms with Gasteiger partial charge in [-0.1, -0.05) is 66.2 Å². The highest BCUT2D eigenvalue weighted by atomic mass is 32.2. The third kappa shape index (κ3) is 5.12. The molecule has 29 heavy (non-hydrogen) atoms. The van der Waals surface area contributed by atoms with Gasteiger partial charge in [-0.05, 0) is 13.8 Å². The van der Waals surface area contributed by atoms with E-state index in [1.54, 1.807) is 0 Å². The number of aryl methyl sites for hydroxylation is 2. The van der Waals surface area contributed by atoms with Crippen LogP contribution in [0.15, 0.2) is 71.0 Å². The molecule has 0 aliphatic carbocycles. The van der Waals surface area contributed by atoms with Crippen LogP contribution in [0.4, 0.5) is 0 Å². The van der Waals surface area contributed by atoms with Gasteiger partial charge in [-0.25, -0.2) is 13.4 Å². The van der Waals surface area contributed by atoms with Crippen molar-refractivity contribution < 1.29 is 8.42 Å². The quantitative estimate of drug-likeness (QED) is 0.466. The summed E-state index contributed by atoms with van der Waals surface area (Å²) in [4.78, 5) is 6.65. The number of nitrogens with two attached hydrogens (primary N) is 1. The first-order chi connectivity index (χ1) is 13.8. The van der Waals surface area contributed by atoms with Crippen LogP contribution in [-0.4, -0.2) is 49.3 Å². The Hall–Kier alpha value is -2.93. The van der Waals surface area contributed by atoms with Gasteiger partial charge >= 0.3 is 0 Å². The highest BCUT2D eigenvalue weighted by Gasteiger charge is 2.23. The van der Waals surface area contributed by atoms with Crippen LogP contribution >= 0.6 is 0 Å². The predicted molar refractivity (Wildman–Crippen MR) is 119 cm³/mol. The Morgan fingerprint density at radius 3 is 1.79 bits per heavy atom. The second-order valence-electron chi connectivity index (χ2n) is 7.23. The summed E-state index contributed by atoms with van der Waals surface area (Å²) in [6, 6.07) is 15.9. The van der Waals surface area contributed by atoms with Gasteiger partial charge in [-0.15, -0.1) is 0 Å². The van der Waals surface area contributed by atoms with E-state index in [0.717, 1.165) is 22.3 Å². The lowest BCUT2D eigenvalue weighted by Gasteiger charge is -2.28. The predicted octanol–water partition coefficient (Wildman–Crippen LogP) is 2.66. The van der Waals surface area contributed by atoms with Crippen molar-refractivity contribution in [3.63, 3.8) is 0 Å². The van der Waals surface area contributed by atoms with Crippen LogP contribution in [0.25, 0.3) is 0 Å². The van der Waals surface area contributed by atoms with Crippen LogP contribution in [-0.2, 0) is 9.84 Å². The van der Waals surface area contributed by atoms with Gasteiger partial charge in [-0.3, -0.25) is 0 Å². The summed E-state index contributed by atoms with van der Waals surface area (Å²) in [6.07, 6.45) is 0. The highest BCUT2D eigenvalue weighted by molar-refractivity contribution is 7.91. The van der Waals surface area contributed by atoms with Gasteiger partial charge in [0.15, 0.2) is 9.84 Å². The monoisotopic (exact) mass is 410 g/mol. The van der Waals surface area contributed by atoms with Crippen molar-refractivity contribution in [2.24, 2.45) is 15.9 Å². The average molecular weight is 411 g/mol. The molecule has 0 unspecified atom stereocenters. The molecule has 0 aromatic heterocycles. The Balaban J connectivity index is 2.00. The molecule has 2 aromatic rings. The Bertz CT molecular complexity index is 1040. The SMILES string of the molecule is C=C(N=C(/C(=N\N)c1ccc(C)cc1)c1ccc(C)cc1)N1CCS(=O)(=O)CC1. The summed E-state index contributed by atoms with van der Waals surface area (Å²) in [5.74, 6) is 6.51. The van der Waals surface area contributed by atoms with E-state index >= 15 is 0 Å². The minimum Gasteiger partial charge on any atom is -0.355 e. The maximum atomic E-state index is 11.7. The molecule has 0 radical (unpaired) electrons. The second kappa shape index (κ2) is 8.61. The molecule has 7 heteroatoms. The van der Waals surface area contributed by atoms with Crippen molar-refractivity contribution in [2.45, 2.75) is 13.8 Å². The van der Waals surface area contributed by atoms with Crippen LogP contribution < -0.4 is 5.84 Å². The molecule has 6 nitrogen and oxygen atoms in total. The Labute approximate surface area is 172 Å². The van der Waals surface area contributed by atoms with Crippen LogP contribution in [0, 0.1) is 13.8 Å². The molecule has 1 aliphatic heterocycles. The first kappa shape index (κ1) is 20.8. The minimum absolute atomic E-state index is 0.108. The molecule has 3 rings (SSSR count). The topological polar surface area (TPSA) is 88.1 Å². The van der Waals surface area contributed by atoms with E-state index in [1.807, 2.05) is 67.3 Å². The molecule has 2 aromatic carbocycles. The molecule has 0 bridgehead atoms. The smallest absolute Gasteiger partial charge is 0.153 e. The molecule has 1 heterocycles. The molecule has 0 saturated carbocycles. The molecule has 0 spiro atoms. The van der Waals surface area contributed by atoms with E-state index in [2.05, 4.69) is 11.7 Å². The lowest BCUT2D eigenvalue weighted by molar-refractivity contribution is 0.368. The lowest BCUT2D eigenvalue weighted by atomic mass is 9.98. The lowest BCUT2D eigenvalue weighted by Crippen LogP contribution is -2.39. The fourth-order valence-corrected chi connectivity index (χ4v) is 4.32. The minimum atomic E-state index is -2.98. The Morgan fingerprint density at radius 2 is 1.34 bits per heavy atom. The fraction of sp³-hybridized carbons (Fsp3) is 0.273. The van der Waals surface area contributed by atoms with Crippen LogP contribution in [0.5, 0.6) is 0 Å². The second-order valence-corrected chi connectivity index (χ2v) is 9.53. The number of sulfone groups is 1. The van der Waals surface area contributed by atoms with Crippen molar-refractivity contribution in [3.05, 3.63) is 83.2 Å². The molecule has 1 saturated heterocycles. The zero-order valence-corrected chi connectivity index (χ0v) is 17.6. The average Bonchev–Trinajstić information content (AvgIpc) is 2.69. The van der Waals surface area contributed by atoms with Crippen molar-refractivity contribution in [1.82, 2.24) is 4.90 Å². The van der Waals surface area contributed by atoms with Gasteiger partial charge in [0.25, 0.3) is 0 Å². The van der Waals surface area contributed by atoms with Crippen LogP contribution in [0.3, 0.4) is 0 Å². The molecule has 0 amide bonds. The van der Waals surface area contributed by atoms with Gasteiger partial charge in [0, 0.05) is 24.2 Å². The van der Waals surface area contributed by atoms with Crippen molar-refractivity contribution in [1.29, 1.82) is 0 Å². The summed E-state index contributed by atoms with van der Waals surface area (Å²) < 4.78 is 23.5. The van der Waals surface area contributed by atoms with Gasteiger partial charge in [0.1, 0.15) is 17.2 Å². The van der Waals surface area contributed by atoms with E-state index in [4.69, 9.17) is 10.8 Å². The summed E-state index contributed by atoms with van der Waals surface area (Å²) in [5, 5.41) is 4.04. The maximum Gasteiger partial charge on any atom is 0.153 e. The van der Waals surface area contributed by atoms with Gasteiger partial charge in [0.05, 0.1) is 11.5 Å². The Kier molecular flexibility index (Phi) is 6.17. The molecule has 0 atom stereocenters. The van der Waals surface area contributed by atoms with E-state index in [-0.39, 0.29) is 11.5 Å². The van der Waals surface area contributed by atoms with Gasteiger partial charge in [-0.2, -0.15) is 5.10 Å². The van der Waals surface area contributed by atoms with Gasteiger partial charge in [0.2, 0.25) is 0 Å². The van der Waals surface area contributed by atoms with E-state index in [1.165, 1.54) is 0 Å². The zero-order chi connectivity index (χ0) is 21.0. The summed E-state index contributed by atoms with van der Waals surface area (Å²) in [7, 11) is -2.98. The van der Waals surface area contributed by atoms with Crippen LogP contribution in [0.1, 0.15) is 22.3 Å². The largest absolute Gasteiger partial charge is 0.355 e. The zero-order valence-electron chi connectivity index (χ0n) is 16.8. The van der Waals surface area contributed by atoms with E-state index in [0.29, 0.717) is 30.3 Å². The summed E-state index contributed by atoms with van der Waals surface area (Å²) >= 11 is 0. The third-order valence-electron chi connectivity index (χ3n) is 4.95. The molecular formula is C22H26N4O2S. The van der Waals surface area contributed by atoms with Crippen molar-refractivity contribution in [3.8, 4) is 0 Å². The summed E-state index contributed by atoms with van der Waals surface area (Å²) in [6.45, 7) is 8.88. The molecular weight excluding hydrogens is 384 g/mol. The van der Waals surface area contributed by atoms with Crippen molar-refractivity contribution in [2.75, 3.05) is 24.6 Å². The summed E-state index contributed by atoms with van der Waals surface area (Å²) in [5.41, 5.74) is 5.15.